The summed E-state index contributed by atoms with van der Waals surface area (Å²) < 4.78 is 37.9. The van der Waals surface area contributed by atoms with Gasteiger partial charge in [0, 0.05) is 48.2 Å². The van der Waals surface area contributed by atoms with Crippen LogP contribution in [0.3, 0.4) is 0 Å². The van der Waals surface area contributed by atoms with E-state index < -0.39 is 11.6 Å². The Morgan fingerprint density at radius 3 is 1.60 bits per heavy atom. The predicted octanol–water partition coefficient (Wildman–Crippen LogP) is 11.1. The third-order valence-corrected chi connectivity index (χ3v) is 13.6. The maximum Gasteiger partial charge on any atom is 0.233 e. The van der Waals surface area contributed by atoms with Crippen molar-refractivity contribution in [2.75, 3.05) is 67.0 Å². The van der Waals surface area contributed by atoms with E-state index >= 15 is 0 Å². The van der Waals surface area contributed by atoms with Crippen LogP contribution in [0.25, 0.3) is 0 Å². The largest absolute Gasteiger partial charge is 0.494 e. The molecule has 15 nitrogen and oxygen atoms in total. The molecule has 0 spiro atoms. The number of ether oxygens (including phenoxy) is 2. The number of hydrogen-bond donors (Lipinski definition) is 6. The zero-order valence-corrected chi connectivity index (χ0v) is 40.8. The SMILES string of the molecule is CCC1CCCC1CN.CCN1CCCC1CNc1nc(Nc2ccc(OC)c(F)c2)nc(NC2CCCCCC2)n1.COc1ccc(Nc2nc(Cl)nc(NC3CCCCCC3)n2)cc1F. The van der Waals surface area contributed by atoms with E-state index in [1.165, 1.54) is 122 Å². The first-order valence-corrected chi connectivity index (χ1v) is 25.1. The van der Waals surface area contributed by atoms with E-state index in [1.54, 1.807) is 18.2 Å². The lowest BCUT2D eigenvalue weighted by molar-refractivity contribution is 0.277. The maximum atomic E-state index is 14.2. The van der Waals surface area contributed by atoms with E-state index in [9.17, 15) is 8.78 Å². The number of rotatable bonds is 16. The molecule has 1 aliphatic heterocycles. The summed E-state index contributed by atoms with van der Waals surface area (Å²) >= 11 is 6.01. The van der Waals surface area contributed by atoms with Gasteiger partial charge in [-0.1, -0.05) is 84.5 Å². The van der Waals surface area contributed by atoms with E-state index in [-0.39, 0.29) is 22.7 Å². The van der Waals surface area contributed by atoms with Gasteiger partial charge in [0.05, 0.1) is 14.2 Å². The molecular weight excluding hydrogens is 876 g/mol. The quantitative estimate of drug-likeness (QED) is 0.0583. The van der Waals surface area contributed by atoms with Crippen molar-refractivity contribution in [2.45, 2.75) is 148 Å². The van der Waals surface area contributed by atoms with Crippen LogP contribution in [0.1, 0.15) is 129 Å². The first kappa shape index (κ1) is 51.5. The van der Waals surface area contributed by atoms with Gasteiger partial charge in [-0.25, -0.2) is 8.78 Å². The minimum absolute atomic E-state index is 0.0857. The summed E-state index contributed by atoms with van der Waals surface area (Å²) in [4.78, 5) is 28.8. The summed E-state index contributed by atoms with van der Waals surface area (Å²) in [6, 6.07) is 10.4. The number of benzene rings is 2. The van der Waals surface area contributed by atoms with Crippen molar-refractivity contribution in [1.29, 1.82) is 0 Å². The summed E-state index contributed by atoms with van der Waals surface area (Å²) in [5, 5.41) is 16.4. The summed E-state index contributed by atoms with van der Waals surface area (Å²) in [5.74, 6) is 3.44. The van der Waals surface area contributed by atoms with E-state index in [0.717, 1.165) is 63.7 Å². The molecule has 3 aliphatic carbocycles. The molecule has 2 aromatic carbocycles. The van der Waals surface area contributed by atoms with Crippen molar-refractivity contribution >= 4 is 52.7 Å². The second kappa shape index (κ2) is 27.2. The van der Waals surface area contributed by atoms with Gasteiger partial charge in [0.15, 0.2) is 23.1 Å². The van der Waals surface area contributed by atoms with Crippen molar-refractivity contribution in [3.8, 4) is 11.5 Å². The van der Waals surface area contributed by atoms with Crippen LogP contribution in [0, 0.1) is 23.5 Å². The zero-order valence-electron chi connectivity index (χ0n) is 40.1. The molecule has 3 atom stereocenters. The number of likely N-dealkylation sites (tertiary alicyclic amines) is 1. The molecule has 1 saturated heterocycles. The number of likely N-dealkylation sites (N-methyl/N-ethyl adjacent to an activating group) is 1. The standard InChI is InChI=1S/C24H36FN7O.C17H21ClFN5O.C8H17N/c1-3-32-14-8-11-19(32)16-26-22-29-23(27-17-9-6-4-5-7-10-17)31-24(30-22)28-18-12-13-21(33-2)20(25)15-18;1-25-14-9-8-12(10-13(14)19)21-17-23-15(18)22-16(24-17)20-11-6-4-2-3-5-7-11;1-2-7-4-3-5-8(7)6-9/h12-13,15,17,19H,3-11,14,16H2,1-2H3,(H3,26,27,28,29,30,31);8-11H,2-7H2,1H3,(H2,20,21,22,23,24);7-8H,2-6,9H2,1H3. The Kier molecular flexibility index (Phi) is 20.9. The molecule has 4 fully saturated rings. The molecule has 368 valence electrons. The second-order valence-corrected chi connectivity index (χ2v) is 18.4. The van der Waals surface area contributed by atoms with Gasteiger partial charge < -0.3 is 41.8 Å². The molecule has 2 aromatic heterocycles. The Morgan fingerprint density at radius 1 is 0.612 bits per heavy atom. The van der Waals surface area contributed by atoms with Gasteiger partial charge in [0.2, 0.25) is 35.0 Å². The molecule has 4 aliphatic rings. The van der Waals surface area contributed by atoms with Gasteiger partial charge in [0.1, 0.15) is 0 Å². The van der Waals surface area contributed by atoms with Crippen LogP contribution in [0.5, 0.6) is 11.5 Å². The summed E-state index contributed by atoms with van der Waals surface area (Å²) in [6.45, 7) is 8.37. The second-order valence-electron chi connectivity index (χ2n) is 18.1. The first-order valence-electron chi connectivity index (χ1n) is 24.8. The topological polar surface area (TPSA) is 185 Å². The fraction of sp³-hybridized carbons (Fsp3) is 0.633. The normalized spacial score (nSPS) is 20.3. The highest BCUT2D eigenvalue weighted by molar-refractivity contribution is 6.28. The smallest absolute Gasteiger partial charge is 0.233 e. The van der Waals surface area contributed by atoms with Crippen LogP contribution in [-0.2, 0) is 0 Å². The Labute approximate surface area is 401 Å². The maximum absolute atomic E-state index is 14.2. The average Bonchev–Trinajstić information content (AvgIpc) is 3.82. The minimum atomic E-state index is -0.468. The lowest BCUT2D eigenvalue weighted by atomic mass is 9.94. The number of nitrogens with two attached hydrogens (primary N) is 1. The Balaban J connectivity index is 0.000000191. The van der Waals surface area contributed by atoms with Crippen molar-refractivity contribution in [2.24, 2.45) is 17.6 Å². The van der Waals surface area contributed by atoms with Crippen LogP contribution in [-0.4, -0.2) is 93.3 Å². The highest BCUT2D eigenvalue weighted by Crippen LogP contribution is 2.33. The number of anilines is 7. The highest BCUT2D eigenvalue weighted by Gasteiger charge is 2.25. The van der Waals surface area contributed by atoms with Crippen LogP contribution >= 0.6 is 11.6 Å². The lowest BCUT2D eigenvalue weighted by Gasteiger charge is -2.23. The van der Waals surface area contributed by atoms with Crippen LogP contribution in [0.2, 0.25) is 5.28 Å². The molecule has 0 amide bonds. The molecule has 67 heavy (non-hydrogen) atoms. The Bertz CT molecular complexity index is 2080. The fourth-order valence-corrected chi connectivity index (χ4v) is 9.88. The third-order valence-electron chi connectivity index (χ3n) is 13.5. The molecule has 4 aromatic rings. The highest BCUT2D eigenvalue weighted by atomic mass is 35.5. The van der Waals surface area contributed by atoms with Crippen molar-refractivity contribution in [1.82, 2.24) is 34.8 Å². The van der Waals surface area contributed by atoms with Crippen LogP contribution in [0.15, 0.2) is 36.4 Å². The number of nitrogens with zero attached hydrogens (tertiary/aromatic N) is 7. The summed E-state index contributed by atoms with van der Waals surface area (Å²) in [5.41, 5.74) is 6.66. The van der Waals surface area contributed by atoms with E-state index in [2.05, 4.69) is 75.2 Å². The fourth-order valence-electron chi connectivity index (χ4n) is 9.72. The van der Waals surface area contributed by atoms with E-state index in [1.807, 2.05) is 0 Å². The van der Waals surface area contributed by atoms with E-state index in [0.29, 0.717) is 53.3 Å². The molecule has 0 bridgehead atoms. The first-order chi connectivity index (χ1) is 32.7. The van der Waals surface area contributed by atoms with Gasteiger partial charge in [-0.05, 0) is 112 Å². The minimum Gasteiger partial charge on any atom is -0.494 e. The van der Waals surface area contributed by atoms with Crippen LogP contribution < -0.4 is 41.8 Å². The zero-order chi connectivity index (χ0) is 47.4. The van der Waals surface area contributed by atoms with Gasteiger partial charge in [-0.2, -0.15) is 29.9 Å². The summed E-state index contributed by atoms with van der Waals surface area (Å²) in [7, 11) is 2.87. The summed E-state index contributed by atoms with van der Waals surface area (Å²) in [6.07, 6.45) is 22.3. The number of hydrogen-bond acceptors (Lipinski definition) is 15. The van der Waals surface area contributed by atoms with Gasteiger partial charge in [-0.15, -0.1) is 0 Å². The van der Waals surface area contributed by atoms with Gasteiger partial charge in [-0.3, -0.25) is 4.90 Å². The van der Waals surface area contributed by atoms with Crippen molar-refractivity contribution < 1.29 is 18.3 Å². The number of nitrogens with one attached hydrogen (secondary N) is 5. The van der Waals surface area contributed by atoms with Gasteiger partial charge in [0.25, 0.3) is 0 Å². The molecular formula is C49H74ClF2N13O2. The number of halogens is 3. The van der Waals surface area contributed by atoms with Crippen molar-refractivity contribution in [3.63, 3.8) is 0 Å². The van der Waals surface area contributed by atoms with Crippen molar-refractivity contribution in [3.05, 3.63) is 53.3 Å². The number of methoxy groups -OCH3 is 2. The van der Waals surface area contributed by atoms with Crippen LogP contribution in [0.4, 0.5) is 49.9 Å². The molecule has 7 N–H and O–H groups in total. The number of aromatic nitrogens is 6. The molecule has 3 heterocycles. The van der Waals surface area contributed by atoms with E-state index in [4.69, 9.17) is 26.8 Å². The Hall–Kier alpha value is -4.87. The molecule has 8 rings (SSSR count). The molecule has 18 heteroatoms. The lowest BCUT2D eigenvalue weighted by Crippen LogP contribution is -2.35. The molecule has 0 radical (unpaired) electrons. The molecule has 3 saturated carbocycles. The average molecular weight is 951 g/mol. The predicted molar refractivity (Wildman–Crippen MR) is 266 cm³/mol. The third kappa shape index (κ3) is 16.4. The van der Waals surface area contributed by atoms with Gasteiger partial charge >= 0.3 is 0 Å². The monoisotopic (exact) mass is 950 g/mol. The Morgan fingerprint density at radius 2 is 1.10 bits per heavy atom. The molecule has 3 unspecified atom stereocenters.